The molecular formula is C20H24N2O4S. The number of nitrogens with zero attached hydrogens (tertiary/aromatic N) is 2. The number of ether oxygens (including phenoxy) is 1. The number of hydrogen-bond donors (Lipinski definition) is 0. The summed E-state index contributed by atoms with van der Waals surface area (Å²) in [5, 5.41) is 0. The molecule has 1 heterocycles. The highest BCUT2D eigenvalue weighted by Gasteiger charge is 2.24. The average molecular weight is 388 g/mol. The van der Waals surface area contributed by atoms with Gasteiger partial charge in [0.1, 0.15) is 5.75 Å². The van der Waals surface area contributed by atoms with Gasteiger partial charge in [0, 0.05) is 32.2 Å². The summed E-state index contributed by atoms with van der Waals surface area (Å²) < 4.78 is 32.4. The predicted molar refractivity (Wildman–Crippen MR) is 104 cm³/mol. The van der Waals surface area contributed by atoms with Crippen LogP contribution in [0.3, 0.4) is 0 Å². The molecule has 0 aliphatic carbocycles. The van der Waals surface area contributed by atoms with Crippen LogP contribution in [0.4, 0.5) is 5.69 Å². The smallest absolute Gasteiger partial charge is 0.243 e. The molecule has 7 heteroatoms. The third kappa shape index (κ3) is 4.31. The van der Waals surface area contributed by atoms with E-state index < -0.39 is 10.0 Å². The van der Waals surface area contributed by atoms with Gasteiger partial charge >= 0.3 is 0 Å². The molecule has 0 radical (unpaired) electrons. The van der Waals surface area contributed by atoms with E-state index in [4.69, 9.17) is 4.74 Å². The van der Waals surface area contributed by atoms with E-state index >= 15 is 0 Å². The minimum absolute atomic E-state index is 0.0817. The molecule has 1 aliphatic rings. The van der Waals surface area contributed by atoms with Crippen molar-refractivity contribution in [2.75, 3.05) is 25.1 Å². The first kappa shape index (κ1) is 19.4. The highest BCUT2D eigenvalue weighted by atomic mass is 32.2. The van der Waals surface area contributed by atoms with Gasteiger partial charge in [-0.05, 0) is 55.3 Å². The first-order valence-electron chi connectivity index (χ1n) is 9.00. The second kappa shape index (κ2) is 8.10. The molecule has 0 spiro atoms. The lowest BCUT2D eigenvalue weighted by Gasteiger charge is -2.19. The van der Waals surface area contributed by atoms with Crippen molar-refractivity contribution in [1.82, 2.24) is 4.31 Å². The molecule has 0 aromatic heterocycles. The summed E-state index contributed by atoms with van der Waals surface area (Å²) in [5.74, 6) is 0.844. The van der Waals surface area contributed by atoms with Crippen molar-refractivity contribution in [3.8, 4) is 5.75 Å². The van der Waals surface area contributed by atoms with Crippen molar-refractivity contribution >= 4 is 21.6 Å². The first-order valence-corrected chi connectivity index (χ1v) is 10.4. The Morgan fingerprint density at radius 3 is 2.30 bits per heavy atom. The Labute approximate surface area is 160 Å². The fraction of sp³-hybridized carbons (Fsp3) is 0.350. The Balaban J connectivity index is 1.71. The van der Waals surface area contributed by atoms with Crippen molar-refractivity contribution in [2.45, 2.75) is 31.2 Å². The molecule has 0 N–H and O–H groups in total. The van der Waals surface area contributed by atoms with E-state index in [9.17, 15) is 13.2 Å². The van der Waals surface area contributed by atoms with E-state index in [0.29, 0.717) is 19.6 Å². The highest BCUT2D eigenvalue weighted by molar-refractivity contribution is 7.89. The largest absolute Gasteiger partial charge is 0.494 e. The molecule has 1 saturated heterocycles. The third-order valence-corrected chi connectivity index (χ3v) is 6.39. The number of benzene rings is 2. The van der Waals surface area contributed by atoms with Gasteiger partial charge < -0.3 is 9.64 Å². The molecule has 0 saturated carbocycles. The van der Waals surface area contributed by atoms with Crippen LogP contribution in [0.2, 0.25) is 0 Å². The van der Waals surface area contributed by atoms with Gasteiger partial charge in [0.05, 0.1) is 11.5 Å². The Bertz CT molecular complexity index is 893. The van der Waals surface area contributed by atoms with Crippen LogP contribution >= 0.6 is 0 Å². The molecule has 1 amide bonds. The van der Waals surface area contributed by atoms with E-state index in [2.05, 4.69) is 0 Å². The van der Waals surface area contributed by atoms with Crippen LogP contribution < -0.4 is 9.64 Å². The lowest BCUT2D eigenvalue weighted by molar-refractivity contribution is -0.117. The van der Waals surface area contributed by atoms with E-state index in [-0.39, 0.29) is 17.3 Å². The van der Waals surface area contributed by atoms with E-state index in [1.165, 1.54) is 4.31 Å². The second-order valence-corrected chi connectivity index (χ2v) is 8.53. The molecule has 0 atom stereocenters. The summed E-state index contributed by atoms with van der Waals surface area (Å²) in [6.07, 6.45) is 1.38. The summed E-state index contributed by atoms with van der Waals surface area (Å²) in [4.78, 5) is 13.7. The Morgan fingerprint density at radius 2 is 1.74 bits per heavy atom. The maximum Gasteiger partial charge on any atom is 0.243 e. The van der Waals surface area contributed by atoms with Gasteiger partial charge in [0.2, 0.25) is 15.9 Å². The maximum absolute atomic E-state index is 12.8. The van der Waals surface area contributed by atoms with Crippen LogP contribution in [0.15, 0.2) is 53.4 Å². The zero-order valence-corrected chi connectivity index (χ0v) is 16.4. The number of sulfonamides is 1. The first-order chi connectivity index (χ1) is 12.9. The topological polar surface area (TPSA) is 66.9 Å². The summed E-state index contributed by atoms with van der Waals surface area (Å²) in [6, 6.07) is 13.9. The summed E-state index contributed by atoms with van der Waals surface area (Å²) in [6.45, 7) is 3.45. The monoisotopic (exact) mass is 388 g/mol. The Kier molecular flexibility index (Phi) is 5.82. The van der Waals surface area contributed by atoms with Crippen LogP contribution in [0.25, 0.3) is 0 Å². The van der Waals surface area contributed by atoms with Gasteiger partial charge in [-0.25, -0.2) is 8.42 Å². The maximum atomic E-state index is 12.8. The molecule has 2 aromatic carbocycles. The highest BCUT2D eigenvalue weighted by Crippen LogP contribution is 2.25. The van der Waals surface area contributed by atoms with Crippen LogP contribution in [-0.4, -0.2) is 38.8 Å². The van der Waals surface area contributed by atoms with Crippen LogP contribution in [0, 0.1) is 0 Å². The molecular weight excluding hydrogens is 364 g/mol. The Hall–Kier alpha value is -2.38. The van der Waals surface area contributed by atoms with Gasteiger partial charge in [-0.2, -0.15) is 4.31 Å². The summed E-state index contributed by atoms with van der Waals surface area (Å²) in [7, 11) is -2.05. The van der Waals surface area contributed by atoms with Crippen LogP contribution in [0.5, 0.6) is 5.75 Å². The Morgan fingerprint density at radius 1 is 1.07 bits per heavy atom. The van der Waals surface area contributed by atoms with Crippen molar-refractivity contribution in [3.63, 3.8) is 0 Å². The van der Waals surface area contributed by atoms with Crippen molar-refractivity contribution in [1.29, 1.82) is 0 Å². The zero-order valence-electron chi connectivity index (χ0n) is 15.6. The van der Waals surface area contributed by atoms with Crippen molar-refractivity contribution in [3.05, 3.63) is 54.1 Å². The van der Waals surface area contributed by atoms with Gasteiger partial charge in [0.15, 0.2) is 0 Å². The molecule has 0 bridgehead atoms. The molecule has 1 fully saturated rings. The molecule has 6 nitrogen and oxygen atoms in total. The van der Waals surface area contributed by atoms with Crippen molar-refractivity contribution < 1.29 is 17.9 Å². The van der Waals surface area contributed by atoms with Gasteiger partial charge in [-0.1, -0.05) is 12.1 Å². The number of carbonyl (C=O) groups is 1. The predicted octanol–water partition coefficient (Wildman–Crippen LogP) is 3.03. The molecule has 3 rings (SSSR count). The third-order valence-electron chi connectivity index (χ3n) is 4.57. The van der Waals surface area contributed by atoms with Gasteiger partial charge in [-0.3, -0.25) is 4.79 Å². The van der Waals surface area contributed by atoms with E-state index in [1.807, 2.05) is 31.2 Å². The minimum Gasteiger partial charge on any atom is -0.494 e. The normalized spacial score (nSPS) is 14.8. The SMILES string of the molecule is CCOc1ccc(CN(C)S(=O)(=O)c2ccc(N3CCCC3=O)cc2)cc1. The van der Waals surface area contributed by atoms with Crippen molar-refractivity contribution in [2.24, 2.45) is 0 Å². The molecule has 144 valence electrons. The zero-order chi connectivity index (χ0) is 19.4. The molecule has 1 aliphatic heterocycles. The van der Waals surface area contributed by atoms with Gasteiger partial charge in [0.25, 0.3) is 0 Å². The number of carbonyl (C=O) groups excluding carboxylic acids is 1. The van der Waals surface area contributed by atoms with Crippen LogP contribution in [0.1, 0.15) is 25.3 Å². The number of amides is 1. The fourth-order valence-electron chi connectivity index (χ4n) is 3.10. The second-order valence-electron chi connectivity index (χ2n) is 6.48. The number of rotatable bonds is 7. The minimum atomic E-state index is -3.61. The van der Waals surface area contributed by atoms with E-state index in [1.54, 1.807) is 36.2 Å². The average Bonchev–Trinajstić information content (AvgIpc) is 3.09. The summed E-state index contributed by atoms with van der Waals surface area (Å²) >= 11 is 0. The lowest BCUT2D eigenvalue weighted by atomic mass is 10.2. The number of anilines is 1. The van der Waals surface area contributed by atoms with E-state index in [0.717, 1.165) is 23.4 Å². The molecule has 27 heavy (non-hydrogen) atoms. The quantitative estimate of drug-likeness (QED) is 0.731. The molecule has 0 unspecified atom stereocenters. The number of hydrogen-bond acceptors (Lipinski definition) is 4. The fourth-order valence-corrected chi connectivity index (χ4v) is 4.26. The van der Waals surface area contributed by atoms with Gasteiger partial charge in [-0.15, -0.1) is 0 Å². The summed E-state index contributed by atoms with van der Waals surface area (Å²) in [5.41, 5.74) is 1.62. The molecule has 2 aromatic rings. The standard InChI is InChI=1S/C20H24N2O4S/c1-3-26-18-10-6-16(7-11-18)15-21(2)27(24,25)19-12-8-17(9-13-19)22-14-4-5-20(22)23/h6-13H,3-5,14-15H2,1-2H3. The lowest BCUT2D eigenvalue weighted by Crippen LogP contribution is -2.27. The van der Waals surface area contributed by atoms with Crippen LogP contribution in [-0.2, 0) is 21.4 Å².